The van der Waals surface area contributed by atoms with Crippen LogP contribution in [0.15, 0.2) is 24.3 Å². The zero-order valence-electron chi connectivity index (χ0n) is 13.8. The standard InChI is InChI=1S/C18H29N3/c1-13-11-17(21-10-9-14(12-21)20(3)4)18(19-2)16-8-6-5-7-15(13)16/h5-8,13-14,17-19H,9-12H2,1-4H3. The lowest BCUT2D eigenvalue weighted by Gasteiger charge is -2.42. The summed E-state index contributed by atoms with van der Waals surface area (Å²) in [7, 11) is 6.54. The van der Waals surface area contributed by atoms with Crippen LogP contribution in [0.2, 0.25) is 0 Å². The zero-order chi connectivity index (χ0) is 15.0. The number of benzene rings is 1. The summed E-state index contributed by atoms with van der Waals surface area (Å²) in [6.07, 6.45) is 2.57. The summed E-state index contributed by atoms with van der Waals surface area (Å²) in [5.41, 5.74) is 3.05. The number of nitrogens with one attached hydrogen (secondary N) is 1. The highest BCUT2D eigenvalue weighted by Crippen LogP contribution is 2.40. The molecule has 0 amide bonds. The van der Waals surface area contributed by atoms with Crippen LogP contribution in [-0.4, -0.2) is 56.1 Å². The van der Waals surface area contributed by atoms with Crippen molar-refractivity contribution in [3.63, 3.8) is 0 Å². The van der Waals surface area contributed by atoms with E-state index in [4.69, 9.17) is 0 Å². The molecule has 4 unspecified atom stereocenters. The molecule has 2 aliphatic rings. The van der Waals surface area contributed by atoms with Crippen molar-refractivity contribution < 1.29 is 0 Å². The monoisotopic (exact) mass is 287 g/mol. The topological polar surface area (TPSA) is 18.5 Å². The van der Waals surface area contributed by atoms with E-state index in [-0.39, 0.29) is 0 Å². The van der Waals surface area contributed by atoms with Crippen molar-refractivity contribution in [3.05, 3.63) is 35.4 Å². The van der Waals surface area contributed by atoms with E-state index in [1.54, 1.807) is 0 Å². The Labute approximate surface area is 129 Å². The molecular formula is C18H29N3. The van der Waals surface area contributed by atoms with E-state index in [0.717, 1.165) is 6.04 Å². The van der Waals surface area contributed by atoms with Gasteiger partial charge in [-0.05, 0) is 51.0 Å². The maximum absolute atomic E-state index is 3.60. The molecule has 0 spiro atoms. The molecule has 1 N–H and O–H groups in total. The van der Waals surface area contributed by atoms with Gasteiger partial charge in [-0.15, -0.1) is 0 Å². The number of hydrogen-bond donors (Lipinski definition) is 1. The molecule has 4 atom stereocenters. The van der Waals surface area contributed by atoms with Crippen LogP contribution in [0, 0.1) is 0 Å². The van der Waals surface area contributed by atoms with Crippen LogP contribution in [0.1, 0.15) is 42.9 Å². The predicted molar refractivity (Wildman–Crippen MR) is 88.7 cm³/mol. The lowest BCUT2D eigenvalue weighted by molar-refractivity contribution is 0.155. The number of nitrogens with zero attached hydrogens (tertiary/aromatic N) is 2. The second kappa shape index (κ2) is 6.07. The van der Waals surface area contributed by atoms with Crippen LogP contribution in [-0.2, 0) is 0 Å². The summed E-state index contributed by atoms with van der Waals surface area (Å²) in [5, 5.41) is 3.60. The molecule has 0 aromatic heterocycles. The van der Waals surface area contributed by atoms with E-state index in [1.807, 2.05) is 0 Å². The number of fused-ring (bicyclic) bond motifs is 1. The molecule has 1 aromatic rings. The summed E-state index contributed by atoms with van der Waals surface area (Å²) in [5.74, 6) is 0.661. The average molecular weight is 287 g/mol. The first-order valence-electron chi connectivity index (χ1n) is 8.28. The summed E-state index contributed by atoms with van der Waals surface area (Å²) in [4.78, 5) is 5.10. The van der Waals surface area contributed by atoms with Gasteiger partial charge in [0.05, 0.1) is 0 Å². The molecular weight excluding hydrogens is 258 g/mol. The number of likely N-dealkylation sites (tertiary alicyclic amines) is 1. The SMILES string of the molecule is CNC1c2ccccc2C(C)CC1N1CCC(N(C)C)C1. The third kappa shape index (κ3) is 2.75. The summed E-state index contributed by atoms with van der Waals surface area (Å²) >= 11 is 0. The fourth-order valence-electron chi connectivity index (χ4n) is 4.27. The molecule has 3 heteroatoms. The second-order valence-electron chi connectivity index (χ2n) is 7.00. The molecule has 1 aliphatic heterocycles. The Morgan fingerprint density at radius 3 is 2.52 bits per heavy atom. The molecule has 1 saturated heterocycles. The van der Waals surface area contributed by atoms with E-state index in [1.165, 1.54) is 37.1 Å². The zero-order valence-corrected chi connectivity index (χ0v) is 13.8. The van der Waals surface area contributed by atoms with Crippen LogP contribution in [0.25, 0.3) is 0 Å². The maximum atomic E-state index is 3.60. The van der Waals surface area contributed by atoms with Gasteiger partial charge in [-0.3, -0.25) is 4.90 Å². The van der Waals surface area contributed by atoms with E-state index < -0.39 is 0 Å². The number of likely N-dealkylation sites (N-methyl/N-ethyl adjacent to an activating group) is 2. The van der Waals surface area contributed by atoms with Gasteiger partial charge in [-0.2, -0.15) is 0 Å². The Kier molecular flexibility index (Phi) is 4.34. The Bertz CT molecular complexity index is 485. The fraction of sp³-hybridized carbons (Fsp3) is 0.667. The average Bonchev–Trinajstić information content (AvgIpc) is 2.97. The largest absolute Gasteiger partial charge is 0.312 e. The Balaban J connectivity index is 1.84. The first kappa shape index (κ1) is 15.0. The third-order valence-corrected chi connectivity index (χ3v) is 5.55. The van der Waals surface area contributed by atoms with Crippen molar-refractivity contribution in [2.45, 2.75) is 43.8 Å². The van der Waals surface area contributed by atoms with Crippen molar-refractivity contribution >= 4 is 0 Å². The molecule has 0 saturated carbocycles. The first-order valence-corrected chi connectivity index (χ1v) is 8.28. The van der Waals surface area contributed by atoms with Crippen molar-refractivity contribution in [2.24, 2.45) is 0 Å². The number of hydrogen-bond acceptors (Lipinski definition) is 3. The van der Waals surface area contributed by atoms with Gasteiger partial charge in [0, 0.05) is 31.2 Å². The van der Waals surface area contributed by atoms with Gasteiger partial charge in [0.15, 0.2) is 0 Å². The van der Waals surface area contributed by atoms with Gasteiger partial charge < -0.3 is 10.2 Å². The van der Waals surface area contributed by atoms with Gasteiger partial charge in [-0.1, -0.05) is 31.2 Å². The summed E-state index contributed by atoms with van der Waals surface area (Å²) in [6.45, 7) is 4.84. The minimum atomic E-state index is 0.471. The minimum absolute atomic E-state index is 0.471. The van der Waals surface area contributed by atoms with Crippen LogP contribution in [0.3, 0.4) is 0 Å². The highest BCUT2D eigenvalue weighted by atomic mass is 15.3. The van der Waals surface area contributed by atoms with Gasteiger partial charge >= 0.3 is 0 Å². The second-order valence-corrected chi connectivity index (χ2v) is 7.00. The molecule has 1 heterocycles. The van der Waals surface area contributed by atoms with E-state index >= 15 is 0 Å². The maximum Gasteiger partial charge on any atom is 0.0478 e. The van der Waals surface area contributed by atoms with Crippen LogP contribution in [0.4, 0.5) is 0 Å². The van der Waals surface area contributed by atoms with Crippen molar-refractivity contribution in [2.75, 3.05) is 34.2 Å². The highest BCUT2D eigenvalue weighted by Gasteiger charge is 2.38. The predicted octanol–water partition coefficient (Wildman–Crippen LogP) is 2.46. The summed E-state index contributed by atoms with van der Waals surface area (Å²) in [6, 6.07) is 10.8. The van der Waals surface area contributed by atoms with Gasteiger partial charge in [0.2, 0.25) is 0 Å². The van der Waals surface area contributed by atoms with Gasteiger partial charge in [0.1, 0.15) is 0 Å². The fourth-order valence-corrected chi connectivity index (χ4v) is 4.27. The van der Waals surface area contributed by atoms with Gasteiger partial charge in [-0.25, -0.2) is 0 Å². The molecule has 1 aromatic carbocycles. The normalized spacial score (nSPS) is 33.4. The highest BCUT2D eigenvalue weighted by molar-refractivity contribution is 5.36. The molecule has 0 radical (unpaired) electrons. The molecule has 116 valence electrons. The van der Waals surface area contributed by atoms with E-state index in [2.05, 4.69) is 67.4 Å². The quantitative estimate of drug-likeness (QED) is 0.921. The lowest BCUT2D eigenvalue weighted by Crippen LogP contribution is -2.47. The Morgan fingerprint density at radius 1 is 1.19 bits per heavy atom. The first-order chi connectivity index (χ1) is 10.1. The van der Waals surface area contributed by atoms with Crippen molar-refractivity contribution in [1.82, 2.24) is 15.1 Å². The lowest BCUT2D eigenvalue weighted by atomic mass is 9.77. The Hall–Kier alpha value is -0.900. The van der Waals surface area contributed by atoms with Crippen LogP contribution >= 0.6 is 0 Å². The van der Waals surface area contributed by atoms with Crippen molar-refractivity contribution in [1.29, 1.82) is 0 Å². The van der Waals surface area contributed by atoms with Crippen LogP contribution in [0.5, 0.6) is 0 Å². The van der Waals surface area contributed by atoms with E-state index in [0.29, 0.717) is 18.0 Å². The van der Waals surface area contributed by atoms with Gasteiger partial charge in [0.25, 0.3) is 0 Å². The molecule has 1 fully saturated rings. The third-order valence-electron chi connectivity index (χ3n) is 5.55. The number of rotatable bonds is 3. The van der Waals surface area contributed by atoms with Crippen molar-refractivity contribution in [3.8, 4) is 0 Å². The van der Waals surface area contributed by atoms with E-state index in [9.17, 15) is 0 Å². The molecule has 3 nitrogen and oxygen atoms in total. The molecule has 3 rings (SSSR count). The molecule has 0 bridgehead atoms. The van der Waals surface area contributed by atoms with Crippen LogP contribution < -0.4 is 5.32 Å². The molecule has 21 heavy (non-hydrogen) atoms. The smallest absolute Gasteiger partial charge is 0.0478 e. The molecule has 1 aliphatic carbocycles. The summed E-state index contributed by atoms with van der Waals surface area (Å²) < 4.78 is 0. The minimum Gasteiger partial charge on any atom is -0.312 e. The Morgan fingerprint density at radius 2 is 1.90 bits per heavy atom.